The predicted octanol–water partition coefficient (Wildman–Crippen LogP) is 4.17. The first-order chi connectivity index (χ1) is 15.3. The quantitative estimate of drug-likeness (QED) is 0.620. The van der Waals surface area contributed by atoms with Crippen LogP contribution in [0.1, 0.15) is 47.5 Å². The summed E-state index contributed by atoms with van der Waals surface area (Å²) in [5.74, 6) is -0.188. The molecule has 0 spiro atoms. The molecule has 168 valence electrons. The Morgan fingerprint density at radius 2 is 1.72 bits per heavy atom. The van der Waals surface area contributed by atoms with Gasteiger partial charge in [0, 0.05) is 18.7 Å². The van der Waals surface area contributed by atoms with Gasteiger partial charge in [0.2, 0.25) is 5.82 Å². The molecule has 1 fully saturated rings. The van der Waals surface area contributed by atoms with Crippen LogP contribution in [0, 0.1) is 13.8 Å². The maximum absolute atomic E-state index is 13.1. The maximum Gasteiger partial charge on any atom is 0.316 e. The van der Waals surface area contributed by atoms with Crippen LogP contribution in [0.4, 0.5) is 5.69 Å². The number of sulfonamides is 1. The van der Waals surface area contributed by atoms with Crippen molar-refractivity contribution in [1.82, 2.24) is 15.0 Å². The van der Waals surface area contributed by atoms with Crippen molar-refractivity contribution in [2.75, 3.05) is 17.8 Å². The lowest BCUT2D eigenvalue weighted by molar-refractivity contribution is 0.0711. The number of amides is 1. The summed E-state index contributed by atoms with van der Waals surface area (Å²) in [5, 5.41) is 3.93. The van der Waals surface area contributed by atoms with Gasteiger partial charge in [-0.05, 0) is 49.9 Å². The topological polar surface area (TPSA) is 105 Å². The number of rotatable bonds is 5. The first-order valence-corrected chi connectivity index (χ1v) is 12.2. The van der Waals surface area contributed by atoms with Crippen LogP contribution in [0.15, 0.2) is 51.9 Å². The molecule has 0 radical (unpaired) electrons. The largest absolute Gasteiger partial charge is 0.334 e. The average Bonchev–Trinajstić information content (AvgIpc) is 3.10. The summed E-state index contributed by atoms with van der Waals surface area (Å²) in [6, 6.07) is 12.1. The van der Waals surface area contributed by atoms with Crippen molar-refractivity contribution in [2.24, 2.45) is 0 Å². The second-order valence-corrected chi connectivity index (χ2v) is 9.68. The van der Waals surface area contributed by atoms with Crippen molar-refractivity contribution in [3.8, 4) is 11.4 Å². The van der Waals surface area contributed by atoms with Gasteiger partial charge in [-0.15, -0.1) is 0 Å². The molecule has 1 aliphatic rings. The van der Waals surface area contributed by atoms with E-state index in [2.05, 4.69) is 14.9 Å². The van der Waals surface area contributed by atoms with E-state index in [1.165, 1.54) is 6.07 Å². The molecule has 0 aliphatic carbocycles. The van der Waals surface area contributed by atoms with Crippen LogP contribution in [-0.2, 0) is 10.0 Å². The molecule has 1 amide bonds. The van der Waals surface area contributed by atoms with Gasteiger partial charge in [0.25, 0.3) is 10.0 Å². The van der Waals surface area contributed by atoms with E-state index in [4.69, 9.17) is 4.52 Å². The molecule has 4 rings (SSSR count). The molecule has 32 heavy (non-hydrogen) atoms. The van der Waals surface area contributed by atoms with E-state index in [1.807, 2.05) is 19.1 Å². The Labute approximate surface area is 187 Å². The minimum absolute atomic E-state index is 0.0788. The number of nitrogens with one attached hydrogen (secondary N) is 1. The first-order valence-electron chi connectivity index (χ1n) is 10.7. The lowest BCUT2D eigenvalue weighted by Gasteiger charge is -2.17. The molecule has 2 heterocycles. The molecule has 1 aromatic heterocycles. The summed E-state index contributed by atoms with van der Waals surface area (Å²) >= 11 is 0. The molecular weight excluding hydrogens is 428 g/mol. The number of aromatic nitrogens is 2. The number of hydrogen-bond acceptors (Lipinski definition) is 6. The van der Waals surface area contributed by atoms with E-state index in [-0.39, 0.29) is 22.5 Å². The van der Waals surface area contributed by atoms with E-state index in [9.17, 15) is 13.2 Å². The number of carbonyl (C=O) groups is 1. The Morgan fingerprint density at radius 1 is 1.00 bits per heavy atom. The summed E-state index contributed by atoms with van der Waals surface area (Å²) < 4.78 is 34.0. The van der Waals surface area contributed by atoms with Crippen LogP contribution >= 0.6 is 0 Å². The third-order valence-corrected chi connectivity index (χ3v) is 7.14. The van der Waals surface area contributed by atoms with Crippen LogP contribution in [-0.4, -0.2) is 42.5 Å². The Morgan fingerprint density at radius 3 is 2.44 bits per heavy atom. The molecule has 0 bridgehead atoms. The van der Waals surface area contributed by atoms with Crippen LogP contribution in [0.3, 0.4) is 0 Å². The number of para-hydroxylation sites is 1. The minimum Gasteiger partial charge on any atom is -0.334 e. The SMILES string of the molecule is Cc1ccccc1NS(=O)(=O)c1cc(-c2noc(C(=O)N3CCCCCC3)n2)ccc1C. The summed E-state index contributed by atoms with van der Waals surface area (Å²) in [6.07, 6.45) is 4.13. The number of carbonyl (C=O) groups excluding carboxylic acids is 1. The Kier molecular flexibility index (Phi) is 6.27. The van der Waals surface area contributed by atoms with Gasteiger partial charge in [-0.1, -0.05) is 48.3 Å². The van der Waals surface area contributed by atoms with E-state index in [0.29, 0.717) is 29.9 Å². The normalized spacial score (nSPS) is 14.8. The molecule has 3 aromatic rings. The number of anilines is 1. The fraction of sp³-hybridized carbons (Fsp3) is 0.348. The second kappa shape index (κ2) is 9.12. The van der Waals surface area contributed by atoms with Crippen molar-refractivity contribution in [2.45, 2.75) is 44.4 Å². The molecule has 1 saturated heterocycles. The van der Waals surface area contributed by atoms with Crippen molar-refractivity contribution >= 4 is 21.6 Å². The average molecular weight is 455 g/mol. The highest BCUT2D eigenvalue weighted by atomic mass is 32.2. The first kappa shape index (κ1) is 22.0. The van der Waals surface area contributed by atoms with Gasteiger partial charge < -0.3 is 9.42 Å². The summed E-state index contributed by atoms with van der Waals surface area (Å²) in [7, 11) is -3.84. The van der Waals surface area contributed by atoms with Gasteiger partial charge in [-0.2, -0.15) is 4.98 Å². The van der Waals surface area contributed by atoms with Crippen LogP contribution in [0.25, 0.3) is 11.4 Å². The monoisotopic (exact) mass is 454 g/mol. The highest BCUT2D eigenvalue weighted by Crippen LogP contribution is 2.26. The van der Waals surface area contributed by atoms with Gasteiger partial charge in [-0.3, -0.25) is 9.52 Å². The standard InChI is InChI=1S/C23H26N4O4S/c1-16-9-5-6-10-19(16)26-32(29,30)20-15-18(12-11-17(20)2)21-24-22(31-25-21)23(28)27-13-7-3-4-8-14-27/h5-6,9-12,15,26H,3-4,7-8,13-14H2,1-2H3. The predicted molar refractivity (Wildman–Crippen MR) is 121 cm³/mol. The number of likely N-dealkylation sites (tertiary alicyclic amines) is 1. The third-order valence-electron chi connectivity index (χ3n) is 5.63. The number of hydrogen-bond donors (Lipinski definition) is 1. The van der Waals surface area contributed by atoms with Gasteiger partial charge >= 0.3 is 11.8 Å². The van der Waals surface area contributed by atoms with Gasteiger partial charge in [0.1, 0.15) is 0 Å². The lowest BCUT2D eigenvalue weighted by Crippen LogP contribution is -2.32. The van der Waals surface area contributed by atoms with Crippen molar-refractivity contribution < 1.29 is 17.7 Å². The van der Waals surface area contributed by atoms with Crippen LogP contribution in [0.5, 0.6) is 0 Å². The zero-order valence-corrected chi connectivity index (χ0v) is 19.0. The van der Waals surface area contributed by atoms with Crippen molar-refractivity contribution in [3.05, 3.63) is 59.5 Å². The molecule has 0 saturated carbocycles. The summed E-state index contributed by atoms with van der Waals surface area (Å²) in [4.78, 5) is 18.8. The number of nitrogens with zero attached hydrogens (tertiary/aromatic N) is 3. The molecule has 2 aromatic carbocycles. The zero-order chi connectivity index (χ0) is 22.7. The molecule has 0 unspecified atom stereocenters. The Bertz CT molecular complexity index is 1230. The summed E-state index contributed by atoms with van der Waals surface area (Å²) in [6.45, 7) is 4.91. The smallest absolute Gasteiger partial charge is 0.316 e. The number of benzene rings is 2. The lowest BCUT2D eigenvalue weighted by atomic mass is 10.1. The minimum atomic E-state index is -3.84. The van der Waals surface area contributed by atoms with E-state index in [0.717, 1.165) is 31.2 Å². The molecular formula is C23H26N4O4S. The van der Waals surface area contributed by atoms with Crippen molar-refractivity contribution in [3.63, 3.8) is 0 Å². The van der Waals surface area contributed by atoms with E-state index in [1.54, 1.807) is 36.1 Å². The highest BCUT2D eigenvalue weighted by molar-refractivity contribution is 7.92. The number of aryl methyl sites for hydroxylation is 2. The highest BCUT2D eigenvalue weighted by Gasteiger charge is 2.25. The fourth-order valence-electron chi connectivity index (χ4n) is 3.75. The maximum atomic E-state index is 13.1. The molecule has 0 atom stereocenters. The Hall–Kier alpha value is -3.20. The zero-order valence-electron chi connectivity index (χ0n) is 18.2. The Balaban J connectivity index is 1.60. The molecule has 1 aliphatic heterocycles. The molecule has 1 N–H and O–H groups in total. The molecule has 8 nitrogen and oxygen atoms in total. The van der Waals surface area contributed by atoms with Crippen LogP contribution in [0.2, 0.25) is 0 Å². The van der Waals surface area contributed by atoms with Crippen molar-refractivity contribution in [1.29, 1.82) is 0 Å². The second-order valence-electron chi connectivity index (χ2n) is 8.03. The fourth-order valence-corrected chi connectivity index (χ4v) is 5.16. The van der Waals surface area contributed by atoms with Gasteiger partial charge in [0.15, 0.2) is 0 Å². The van der Waals surface area contributed by atoms with Crippen LogP contribution < -0.4 is 4.72 Å². The van der Waals surface area contributed by atoms with Gasteiger partial charge in [-0.25, -0.2) is 8.42 Å². The molecule has 9 heteroatoms. The van der Waals surface area contributed by atoms with E-state index < -0.39 is 10.0 Å². The summed E-state index contributed by atoms with van der Waals surface area (Å²) in [5.41, 5.74) is 2.38. The third kappa shape index (κ3) is 4.67. The van der Waals surface area contributed by atoms with E-state index >= 15 is 0 Å². The van der Waals surface area contributed by atoms with Gasteiger partial charge in [0.05, 0.1) is 10.6 Å².